The highest BCUT2D eigenvalue weighted by molar-refractivity contribution is 5.97. The largest absolute Gasteiger partial charge is 0.496 e. The summed E-state index contributed by atoms with van der Waals surface area (Å²) in [7, 11) is 3.14. The minimum atomic E-state index is -0.912. The van der Waals surface area contributed by atoms with E-state index in [1.165, 1.54) is 35.1 Å². The van der Waals surface area contributed by atoms with Gasteiger partial charge in [0.15, 0.2) is 0 Å². The van der Waals surface area contributed by atoms with Crippen molar-refractivity contribution < 1.29 is 28.8 Å². The molecule has 2 aromatic carbocycles. The van der Waals surface area contributed by atoms with Crippen LogP contribution in [0.1, 0.15) is 49.2 Å². The van der Waals surface area contributed by atoms with Gasteiger partial charge in [0, 0.05) is 38.0 Å². The Morgan fingerprint density at radius 2 is 1.89 bits per heavy atom. The highest BCUT2D eigenvalue weighted by Crippen LogP contribution is 2.36. The van der Waals surface area contributed by atoms with Crippen molar-refractivity contribution in [1.82, 2.24) is 15.1 Å². The van der Waals surface area contributed by atoms with Gasteiger partial charge in [0.2, 0.25) is 0 Å². The Labute approximate surface area is 221 Å². The molecule has 0 saturated heterocycles. The molecule has 202 valence electrons. The second-order valence-corrected chi connectivity index (χ2v) is 9.15. The second-order valence-electron chi connectivity index (χ2n) is 9.15. The number of nitrogens with zero attached hydrogens (tertiary/aromatic N) is 3. The highest BCUT2D eigenvalue weighted by Gasteiger charge is 2.39. The van der Waals surface area contributed by atoms with Gasteiger partial charge in [0.25, 0.3) is 11.6 Å². The SMILES string of the molecule is COc1ccccc1C(=O)N(C)CCCN1C(=O)NC(C)=C(C(=O)OC(C)C)C1c1cccc([N+](=O)[O-])c1. The van der Waals surface area contributed by atoms with E-state index >= 15 is 0 Å². The Morgan fingerprint density at radius 1 is 1.18 bits per heavy atom. The molecule has 0 aromatic heterocycles. The second kappa shape index (κ2) is 12.2. The van der Waals surface area contributed by atoms with Crippen molar-refractivity contribution in [3.8, 4) is 5.75 Å². The molecular weight excluding hydrogens is 492 g/mol. The molecule has 3 amide bonds. The van der Waals surface area contributed by atoms with Gasteiger partial charge in [-0.15, -0.1) is 0 Å². The molecule has 1 heterocycles. The molecule has 38 heavy (non-hydrogen) atoms. The molecule has 2 aromatic rings. The van der Waals surface area contributed by atoms with Crippen molar-refractivity contribution in [2.75, 3.05) is 27.2 Å². The maximum atomic E-state index is 13.1. The van der Waals surface area contributed by atoms with Crippen molar-refractivity contribution >= 4 is 23.6 Å². The van der Waals surface area contributed by atoms with Crippen molar-refractivity contribution in [2.45, 2.75) is 39.3 Å². The van der Waals surface area contributed by atoms with E-state index in [4.69, 9.17) is 9.47 Å². The fourth-order valence-corrected chi connectivity index (χ4v) is 4.31. The highest BCUT2D eigenvalue weighted by atomic mass is 16.6. The zero-order chi connectivity index (χ0) is 28.0. The number of carbonyl (C=O) groups is 3. The number of hydrogen-bond acceptors (Lipinski definition) is 7. The minimum Gasteiger partial charge on any atom is -0.496 e. The summed E-state index contributed by atoms with van der Waals surface area (Å²) in [6.07, 6.45) is -0.0313. The third-order valence-corrected chi connectivity index (χ3v) is 6.08. The van der Waals surface area contributed by atoms with E-state index in [9.17, 15) is 24.5 Å². The van der Waals surface area contributed by atoms with Crippen LogP contribution in [0.2, 0.25) is 0 Å². The van der Waals surface area contributed by atoms with Crippen LogP contribution in [-0.4, -0.2) is 66.0 Å². The molecule has 0 spiro atoms. The minimum absolute atomic E-state index is 0.161. The van der Waals surface area contributed by atoms with Gasteiger partial charge in [-0.1, -0.05) is 24.3 Å². The number of esters is 1. The van der Waals surface area contributed by atoms with E-state index in [-0.39, 0.29) is 23.7 Å². The van der Waals surface area contributed by atoms with Gasteiger partial charge in [0.1, 0.15) is 5.75 Å². The monoisotopic (exact) mass is 524 g/mol. The Kier molecular flexibility index (Phi) is 9.06. The maximum absolute atomic E-state index is 13.1. The number of nitro benzene ring substituents is 1. The summed E-state index contributed by atoms with van der Waals surface area (Å²) in [6.45, 7) is 5.48. The molecule has 11 heteroatoms. The Morgan fingerprint density at radius 3 is 2.55 bits per heavy atom. The number of non-ortho nitro benzene ring substituents is 1. The number of benzene rings is 2. The number of hydrogen-bond donors (Lipinski definition) is 1. The number of ether oxygens (including phenoxy) is 2. The first kappa shape index (κ1) is 28.2. The quantitative estimate of drug-likeness (QED) is 0.282. The number of nitrogens with one attached hydrogen (secondary N) is 1. The van der Waals surface area contributed by atoms with Crippen molar-refractivity contribution in [1.29, 1.82) is 0 Å². The number of rotatable bonds is 10. The topological polar surface area (TPSA) is 131 Å². The van der Waals surface area contributed by atoms with Gasteiger partial charge in [-0.25, -0.2) is 9.59 Å². The lowest BCUT2D eigenvalue weighted by Gasteiger charge is -2.38. The van der Waals surface area contributed by atoms with Gasteiger partial charge < -0.3 is 24.6 Å². The number of para-hydroxylation sites is 1. The predicted octanol–water partition coefficient (Wildman–Crippen LogP) is 4.06. The fraction of sp³-hybridized carbons (Fsp3) is 0.370. The van der Waals surface area contributed by atoms with Gasteiger partial charge in [-0.2, -0.15) is 0 Å². The van der Waals surface area contributed by atoms with Gasteiger partial charge in [-0.05, 0) is 44.9 Å². The molecule has 0 radical (unpaired) electrons. The number of allylic oxidation sites excluding steroid dienone is 1. The first-order valence-electron chi connectivity index (χ1n) is 12.2. The van der Waals surface area contributed by atoms with Crippen LogP contribution in [0.3, 0.4) is 0 Å². The molecule has 0 fully saturated rings. The summed E-state index contributed by atoms with van der Waals surface area (Å²) < 4.78 is 10.7. The van der Waals surface area contributed by atoms with E-state index in [1.807, 2.05) is 0 Å². The summed E-state index contributed by atoms with van der Waals surface area (Å²) in [4.78, 5) is 53.1. The lowest BCUT2D eigenvalue weighted by Crippen LogP contribution is -2.49. The van der Waals surface area contributed by atoms with E-state index in [0.717, 1.165) is 0 Å². The molecule has 1 N–H and O–H groups in total. The molecule has 3 rings (SSSR count). The number of methoxy groups -OCH3 is 1. The average molecular weight is 525 g/mol. The Bertz CT molecular complexity index is 1260. The van der Waals surface area contributed by atoms with E-state index < -0.39 is 29.1 Å². The van der Waals surface area contributed by atoms with Crippen molar-refractivity contribution in [3.63, 3.8) is 0 Å². The Hall–Kier alpha value is -4.41. The van der Waals surface area contributed by atoms with Crippen LogP contribution in [0.4, 0.5) is 10.5 Å². The lowest BCUT2D eigenvalue weighted by molar-refractivity contribution is -0.384. The zero-order valence-corrected chi connectivity index (χ0v) is 22.1. The van der Waals surface area contributed by atoms with Crippen molar-refractivity contribution in [2.24, 2.45) is 0 Å². The molecule has 1 unspecified atom stereocenters. The summed E-state index contributed by atoms with van der Waals surface area (Å²) in [6, 6.07) is 11.4. The molecule has 0 aliphatic carbocycles. The third kappa shape index (κ3) is 6.28. The first-order valence-corrected chi connectivity index (χ1v) is 12.2. The van der Waals surface area contributed by atoms with Crippen LogP contribution in [0.15, 0.2) is 59.8 Å². The van der Waals surface area contributed by atoms with E-state index in [2.05, 4.69) is 5.32 Å². The summed E-state index contributed by atoms with van der Waals surface area (Å²) >= 11 is 0. The van der Waals surface area contributed by atoms with Crippen LogP contribution < -0.4 is 10.1 Å². The maximum Gasteiger partial charge on any atom is 0.338 e. The first-order chi connectivity index (χ1) is 18.0. The number of amides is 3. The van der Waals surface area contributed by atoms with Gasteiger partial charge in [0.05, 0.1) is 35.3 Å². The van der Waals surface area contributed by atoms with Crippen molar-refractivity contribution in [3.05, 3.63) is 81.0 Å². The average Bonchev–Trinajstić information content (AvgIpc) is 2.88. The zero-order valence-electron chi connectivity index (χ0n) is 22.1. The smallest absolute Gasteiger partial charge is 0.338 e. The molecule has 1 aliphatic heterocycles. The molecule has 11 nitrogen and oxygen atoms in total. The normalized spacial score (nSPS) is 15.3. The lowest BCUT2D eigenvalue weighted by atomic mass is 9.93. The molecule has 1 atom stereocenters. The Balaban J connectivity index is 1.88. The molecule has 0 saturated carbocycles. The molecule has 1 aliphatic rings. The fourth-order valence-electron chi connectivity index (χ4n) is 4.31. The van der Waals surface area contributed by atoms with E-state index in [1.54, 1.807) is 58.2 Å². The summed E-state index contributed by atoms with van der Waals surface area (Å²) in [5.41, 5.74) is 1.17. The summed E-state index contributed by atoms with van der Waals surface area (Å²) in [5.74, 6) is -0.403. The van der Waals surface area contributed by atoms with Crippen LogP contribution in [0.5, 0.6) is 5.75 Å². The van der Waals surface area contributed by atoms with E-state index in [0.29, 0.717) is 35.5 Å². The third-order valence-electron chi connectivity index (χ3n) is 6.08. The number of urea groups is 1. The standard InChI is InChI=1S/C27H32N4O7/c1-17(2)38-26(33)23-18(3)28-27(34)30(24(23)19-10-8-11-20(16-19)31(35)36)15-9-14-29(4)25(32)21-12-6-7-13-22(21)37-5/h6-8,10-13,16-17,24H,9,14-15H2,1-5H3,(H,28,34). The summed E-state index contributed by atoms with van der Waals surface area (Å²) in [5, 5.41) is 14.2. The van der Waals surface area contributed by atoms with Gasteiger partial charge in [-0.3, -0.25) is 14.9 Å². The predicted molar refractivity (Wildman–Crippen MR) is 140 cm³/mol. The van der Waals surface area contributed by atoms with Crippen LogP contribution in [-0.2, 0) is 9.53 Å². The number of nitro groups is 1. The molecular formula is C27H32N4O7. The van der Waals surface area contributed by atoms with Crippen LogP contribution >= 0.6 is 0 Å². The van der Waals surface area contributed by atoms with Crippen LogP contribution in [0.25, 0.3) is 0 Å². The number of carbonyl (C=O) groups excluding carboxylic acids is 3. The molecule has 0 bridgehead atoms. The van der Waals surface area contributed by atoms with Crippen LogP contribution in [0, 0.1) is 10.1 Å². The van der Waals surface area contributed by atoms with Gasteiger partial charge >= 0.3 is 12.0 Å².